The van der Waals surface area contributed by atoms with Crippen molar-refractivity contribution in [3.05, 3.63) is 47.1 Å². The van der Waals surface area contributed by atoms with Crippen molar-refractivity contribution in [3.63, 3.8) is 0 Å². The summed E-state index contributed by atoms with van der Waals surface area (Å²) in [6.07, 6.45) is 8.83. The summed E-state index contributed by atoms with van der Waals surface area (Å²) in [5.74, 6) is 0.0283. The summed E-state index contributed by atoms with van der Waals surface area (Å²) in [6, 6.07) is 7.11. The number of hydrogen-bond donors (Lipinski definition) is 0. The Balaban J connectivity index is 1.86. The predicted molar refractivity (Wildman–Crippen MR) is 94.3 cm³/mol. The standard InChI is InChI=1S/C19H24ClN2O/c1-19(2)14-17(21-11-4-3-5-12-21)10-13-22(19)18(23)15-6-8-16(20)9-7-15/h6-10,13H,3-5,11-12,14H2,1-2H3/q+1. The molecule has 0 aromatic heterocycles. The van der Waals surface area contributed by atoms with Crippen molar-refractivity contribution in [2.45, 2.75) is 45.1 Å². The highest BCUT2D eigenvalue weighted by Crippen LogP contribution is 2.27. The number of carbonyl (C=O) groups is 1. The first-order chi connectivity index (χ1) is 11.0. The van der Waals surface area contributed by atoms with Gasteiger partial charge in [-0.3, -0.25) is 4.79 Å². The summed E-state index contributed by atoms with van der Waals surface area (Å²) >= 11 is 5.92. The van der Waals surface area contributed by atoms with Crippen LogP contribution in [0.5, 0.6) is 0 Å². The Hall–Kier alpha value is -1.61. The van der Waals surface area contributed by atoms with Crippen molar-refractivity contribution in [1.82, 2.24) is 4.90 Å². The monoisotopic (exact) mass is 331 g/mol. The molecule has 1 aromatic rings. The molecule has 0 spiro atoms. The molecule has 3 nitrogen and oxygen atoms in total. The number of amides is 1. The van der Waals surface area contributed by atoms with Gasteiger partial charge in [0, 0.05) is 35.7 Å². The van der Waals surface area contributed by atoms with Crippen molar-refractivity contribution in [3.8, 4) is 0 Å². The van der Waals surface area contributed by atoms with Crippen molar-refractivity contribution in [2.24, 2.45) is 0 Å². The summed E-state index contributed by atoms with van der Waals surface area (Å²) in [5.41, 5.74) is 1.81. The second-order valence-electron chi connectivity index (χ2n) is 7.03. The minimum Gasteiger partial charge on any atom is -0.309 e. The van der Waals surface area contributed by atoms with Gasteiger partial charge in [0.25, 0.3) is 5.91 Å². The molecule has 2 aliphatic rings. The fraction of sp³-hybridized carbons (Fsp3) is 0.474. The van der Waals surface area contributed by atoms with E-state index in [9.17, 15) is 4.79 Å². The van der Waals surface area contributed by atoms with Gasteiger partial charge in [-0.1, -0.05) is 11.6 Å². The third-order valence-electron chi connectivity index (χ3n) is 4.75. The first-order valence-corrected chi connectivity index (χ1v) is 8.73. The number of allylic oxidation sites excluding steroid dienone is 1. The molecule has 1 amide bonds. The average molecular weight is 332 g/mol. The Morgan fingerprint density at radius 2 is 1.78 bits per heavy atom. The fourth-order valence-corrected chi connectivity index (χ4v) is 3.55. The lowest BCUT2D eigenvalue weighted by molar-refractivity contribution is -0.538. The van der Waals surface area contributed by atoms with Crippen LogP contribution in [0.15, 0.2) is 36.5 Å². The minimum absolute atomic E-state index is 0.0283. The van der Waals surface area contributed by atoms with Gasteiger partial charge in [0.1, 0.15) is 13.1 Å². The van der Waals surface area contributed by atoms with Crippen molar-refractivity contribution in [1.29, 1.82) is 0 Å². The van der Waals surface area contributed by atoms with Crippen LogP contribution >= 0.6 is 11.6 Å². The Morgan fingerprint density at radius 3 is 2.39 bits per heavy atom. The molecule has 1 fully saturated rings. The van der Waals surface area contributed by atoms with E-state index in [-0.39, 0.29) is 11.4 Å². The molecule has 0 atom stereocenters. The van der Waals surface area contributed by atoms with E-state index < -0.39 is 0 Å². The molecule has 1 aromatic carbocycles. The van der Waals surface area contributed by atoms with E-state index in [1.165, 1.54) is 25.0 Å². The van der Waals surface area contributed by atoms with E-state index in [2.05, 4.69) is 24.5 Å². The number of piperidine rings is 1. The fourth-order valence-electron chi connectivity index (χ4n) is 3.42. The van der Waals surface area contributed by atoms with Gasteiger partial charge in [0.05, 0.1) is 12.0 Å². The maximum Gasteiger partial charge on any atom is 0.258 e. The van der Waals surface area contributed by atoms with Crippen LogP contribution < -0.4 is 0 Å². The van der Waals surface area contributed by atoms with E-state index in [1.54, 1.807) is 24.3 Å². The zero-order chi connectivity index (χ0) is 16.4. The molecule has 0 bridgehead atoms. The molecule has 0 N–H and O–H groups in total. The molecule has 3 rings (SSSR count). The molecule has 4 heteroatoms. The average Bonchev–Trinajstić information content (AvgIpc) is 2.55. The van der Waals surface area contributed by atoms with Crippen LogP contribution in [0.4, 0.5) is 0 Å². The summed E-state index contributed by atoms with van der Waals surface area (Å²) in [4.78, 5) is 14.7. The zero-order valence-corrected chi connectivity index (χ0v) is 14.6. The van der Waals surface area contributed by atoms with Crippen LogP contribution in [-0.2, 0) is 0 Å². The van der Waals surface area contributed by atoms with E-state index >= 15 is 0 Å². The van der Waals surface area contributed by atoms with Gasteiger partial charge in [0.2, 0.25) is 0 Å². The Labute approximate surface area is 143 Å². The molecular weight excluding hydrogens is 308 g/mol. The third-order valence-corrected chi connectivity index (χ3v) is 5.01. The van der Waals surface area contributed by atoms with Gasteiger partial charge in [-0.2, -0.15) is 0 Å². The lowest BCUT2D eigenvalue weighted by atomic mass is 9.90. The van der Waals surface area contributed by atoms with Crippen molar-refractivity contribution in [2.75, 3.05) is 13.1 Å². The largest absolute Gasteiger partial charge is 0.309 e. The van der Waals surface area contributed by atoms with Crippen LogP contribution in [0.2, 0.25) is 5.02 Å². The molecule has 0 unspecified atom stereocenters. The number of nitrogens with zero attached hydrogens (tertiary/aromatic N) is 2. The Morgan fingerprint density at radius 1 is 1.13 bits per heavy atom. The maximum atomic E-state index is 12.8. The smallest absolute Gasteiger partial charge is 0.258 e. The summed E-state index contributed by atoms with van der Waals surface area (Å²) in [7, 11) is 0. The first-order valence-electron chi connectivity index (χ1n) is 8.36. The van der Waals surface area contributed by atoms with Crippen LogP contribution in [0.3, 0.4) is 0 Å². The quantitative estimate of drug-likeness (QED) is 0.710. The normalized spacial score (nSPS) is 20.7. The van der Waals surface area contributed by atoms with E-state index in [4.69, 9.17) is 11.6 Å². The third kappa shape index (κ3) is 3.50. The van der Waals surface area contributed by atoms with Gasteiger partial charge in [-0.05, 0) is 44.5 Å². The van der Waals surface area contributed by atoms with Crippen molar-refractivity contribution >= 4 is 23.2 Å². The van der Waals surface area contributed by atoms with Crippen LogP contribution in [0.1, 0.15) is 49.9 Å². The molecule has 0 radical (unpaired) electrons. The molecule has 23 heavy (non-hydrogen) atoms. The molecule has 0 aliphatic carbocycles. The highest BCUT2D eigenvalue weighted by atomic mass is 35.5. The number of carbonyl (C=O) groups excluding carboxylic acids is 1. The van der Waals surface area contributed by atoms with Crippen LogP contribution in [0, 0.1) is 0 Å². The first kappa shape index (κ1) is 16.3. The predicted octanol–water partition coefficient (Wildman–Crippen LogP) is 4.12. The number of hydrogen-bond acceptors (Lipinski definition) is 1. The van der Waals surface area contributed by atoms with Gasteiger partial charge < -0.3 is 4.90 Å². The van der Waals surface area contributed by atoms with E-state index in [0.29, 0.717) is 10.6 Å². The number of halogens is 1. The minimum atomic E-state index is -0.224. The zero-order valence-electron chi connectivity index (χ0n) is 13.9. The summed E-state index contributed by atoms with van der Waals surface area (Å²) in [6.45, 7) is 6.55. The van der Waals surface area contributed by atoms with Gasteiger partial charge in [0.15, 0.2) is 5.71 Å². The SMILES string of the molecule is CC1(C)CC(=[N+]2CCCCC2)C=CN1C(=O)c1ccc(Cl)cc1. The lowest BCUT2D eigenvalue weighted by Crippen LogP contribution is -2.49. The number of benzene rings is 1. The molecule has 0 saturated carbocycles. The molecule has 2 heterocycles. The Kier molecular flexibility index (Phi) is 4.58. The Bertz CT molecular complexity index is 650. The van der Waals surface area contributed by atoms with Crippen LogP contribution in [-0.4, -0.2) is 39.7 Å². The molecule has 2 aliphatic heterocycles. The van der Waals surface area contributed by atoms with Gasteiger partial charge in [-0.25, -0.2) is 4.58 Å². The van der Waals surface area contributed by atoms with E-state index in [0.717, 1.165) is 19.5 Å². The molecule has 1 saturated heterocycles. The topological polar surface area (TPSA) is 23.3 Å². The lowest BCUT2D eigenvalue weighted by Gasteiger charge is -2.38. The van der Waals surface area contributed by atoms with Crippen molar-refractivity contribution < 1.29 is 9.37 Å². The molecule has 122 valence electrons. The second kappa shape index (κ2) is 6.48. The van der Waals surface area contributed by atoms with Gasteiger partial charge in [-0.15, -0.1) is 0 Å². The summed E-state index contributed by atoms with van der Waals surface area (Å²) < 4.78 is 2.48. The molecular formula is C19H24ClN2O+. The highest BCUT2D eigenvalue weighted by Gasteiger charge is 2.37. The number of rotatable bonds is 1. The highest BCUT2D eigenvalue weighted by molar-refractivity contribution is 6.30. The maximum absolute atomic E-state index is 12.8. The van der Waals surface area contributed by atoms with Crippen LogP contribution in [0.25, 0.3) is 0 Å². The van der Waals surface area contributed by atoms with Gasteiger partial charge >= 0.3 is 0 Å². The van der Waals surface area contributed by atoms with E-state index in [1.807, 2.05) is 11.1 Å². The second-order valence-corrected chi connectivity index (χ2v) is 7.46. The summed E-state index contributed by atoms with van der Waals surface area (Å²) in [5, 5.41) is 0.649.